The summed E-state index contributed by atoms with van der Waals surface area (Å²) in [7, 11) is 1.66. The van der Waals surface area contributed by atoms with Crippen molar-refractivity contribution in [1.82, 2.24) is 14.9 Å². The number of allylic oxidation sites excluding steroid dienone is 6. The number of aldehydes is 1. The van der Waals surface area contributed by atoms with E-state index in [1.165, 1.54) is 0 Å². The Morgan fingerprint density at radius 1 is 0.685 bits per heavy atom. The SMILES string of the molecule is COc1ccc2nc3cc(Cl)ccc3c(NCCCCN(CCCNc3c4ccc(Cl)cc4nc4ccc(C=O)cc34)C(=O)C3=C/C=C\C=C/C=C\3)c2c1. The van der Waals surface area contributed by atoms with Gasteiger partial charge in [-0.3, -0.25) is 9.59 Å². The molecule has 1 aliphatic carbocycles. The molecule has 0 saturated carbocycles. The Morgan fingerprint density at radius 3 is 1.98 bits per heavy atom. The largest absolute Gasteiger partial charge is 0.497 e. The number of halogens is 2. The maximum atomic E-state index is 14.0. The molecule has 8 nitrogen and oxygen atoms in total. The molecule has 1 aliphatic rings. The van der Waals surface area contributed by atoms with E-state index in [2.05, 4.69) is 10.6 Å². The Morgan fingerprint density at radius 2 is 1.30 bits per heavy atom. The lowest BCUT2D eigenvalue weighted by Gasteiger charge is -2.24. The van der Waals surface area contributed by atoms with Crippen LogP contribution in [0, 0.1) is 0 Å². The van der Waals surface area contributed by atoms with Crippen LogP contribution in [-0.2, 0) is 4.79 Å². The van der Waals surface area contributed by atoms with E-state index in [4.69, 9.17) is 37.9 Å². The van der Waals surface area contributed by atoms with Gasteiger partial charge in [0.05, 0.1) is 40.6 Å². The quantitative estimate of drug-likeness (QED) is 0.0649. The van der Waals surface area contributed by atoms with Crippen molar-refractivity contribution in [3.05, 3.63) is 137 Å². The molecule has 0 radical (unpaired) electrons. The highest BCUT2D eigenvalue weighted by atomic mass is 35.5. The molecular formula is C44H39Cl2N5O3. The van der Waals surface area contributed by atoms with Crippen LogP contribution in [0.3, 0.4) is 0 Å². The summed E-state index contributed by atoms with van der Waals surface area (Å²) in [6.45, 7) is 2.44. The summed E-state index contributed by atoms with van der Waals surface area (Å²) in [5.41, 5.74) is 6.28. The molecule has 272 valence electrons. The number of carbonyl (C=O) groups is 2. The Bertz CT molecular complexity index is 2510. The number of amides is 1. The Labute approximate surface area is 323 Å². The van der Waals surface area contributed by atoms with Gasteiger partial charge in [-0.2, -0.15) is 0 Å². The summed E-state index contributed by atoms with van der Waals surface area (Å²) in [5.74, 6) is 0.743. The van der Waals surface area contributed by atoms with E-state index in [0.29, 0.717) is 53.8 Å². The van der Waals surface area contributed by atoms with E-state index >= 15 is 0 Å². The molecule has 0 aliphatic heterocycles. The molecule has 7 rings (SSSR count). The van der Waals surface area contributed by atoms with E-state index in [9.17, 15) is 9.59 Å². The van der Waals surface area contributed by atoms with Gasteiger partial charge in [0, 0.05) is 68.9 Å². The molecule has 0 fully saturated rings. The average molecular weight is 757 g/mol. The summed E-state index contributed by atoms with van der Waals surface area (Å²) in [5, 5.41) is 12.2. The maximum Gasteiger partial charge on any atom is 0.253 e. The van der Waals surface area contributed by atoms with E-state index in [0.717, 1.165) is 79.9 Å². The summed E-state index contributed by atoms with van der Waals surface area (Å²) >= 11 is 12.7. The number of hydrogen-bond donors (Lipinski definition) is 2. The van der Waals surface area contributed by atoms with Gasteiger partial charge in [-0.15, -0.1) is 0 Å². The topological polar surface area (TPSA) is 96.4 Å². The Kier molecular flexibility index (Phi) is 11.5. The molecule has 1 amide bonds. The molecule has 0 unspecified atom stereocenters. The predicted octanol–water partition coefficient (Wildman–Crippen LogP) is 10.3. The van der Waals surface area contributed by atoms with Gasteiger partial charge >= 0.3 is 0 Å². The maximum absolute atomic E-state index is 14.0. The highest BCUT2D eigenvalue weighted by Crippen LogP contribution is 2.35. The normalized spacial score (nSPS) is 15.3. The molecule has 2 heterocycles. The molecule has 0 spiro atoms. The molecule has 0 atom stereocenters. The molecule has 54 heavy (non-hydrogen) atoms. The number of methoxy groups -OCH3 is 1. The van der Waals surface area contributed by atoms with Crippen LogP contribution in [0.1, 0.15) is 29.6 Å². The number of nitrogens with one attached hydrogen (secondary N) is 2. The third-order valence-corrected chi connectivity index (χ3v) is 9.90. The van der Waals surface area contributed by atoms with Crippen LogP contribution in [-0.4, -0.2) is 60.4 Å². The van der Waals surface area contributed by atoms with Gasteiger partial charge in [-0.1, -0.05) is 53.6 Å². The van der Waals surface area contributed by atoms with Crippen LogP contribution in [0.5, 0.6) is 5.75 Å². The second kappa shape index (κ2) is 17.0. The molecule has 6 aromatic rings. The fraction of sp³-hybridized carbons (Fsp3) is 0.182. The predicted molar refractivity (Wildman–Crippen MR) is 223 cm³/mol. The number of carbonyl (C=O) groups excluding carboxylic acids is 2. The lowest BCUT2D eigenvalue weighted by molar-refractivity contribution is -0.126. The second-order valence-electron chi connectivity index (χ2n) is 13.0. The van der Waals surface area contributed by atoms with Crippen molar-refractivity contribution in [3.8, 4) is 5.75 Å². The standard InChI is InChI=1S/C44H39Cl2N5O3/c1-54-33-15-19-39-37(27-33)43(35-17-14-32(46)26-41(35)50-39)47-20-7-8-22-51(44(53)30-10-5-3-2-4-6-11-30)23-9-21-48-42-34-16-13-31(45)25-40(34)49-38-18-12-29(28-52)24-36(38)42/h2-6,10-19,24-28H,7-9,20-23H2,1H3,(H,47,50)(H,48,49)/b3-2-,4-2?,5-3?,6-4-,10-5-,11-6?,30-10?,30-11+. The van der Waals surface area contributed by atoms with Crippen LogP contribution in [0.4, 0.5) is 11.4 Å². The van der Waals surface area contributed by atoms with E-state index < -0.39 is 0 Å². The van der Waals surface area contributed by atoms with Gasteiger partial charge in [-0.05, 0) is 104 Å². The van der Waals surface area contributed by atoms with Crippen molar-refractivity contribution in [2.45, 2.75) is 19.3 Å². The van der Waals surface area contributed by atoms with Gasteiger partial charge < -0.3 is 20.3 Å². The monoisotopic (exact) mass is 755 g/mol. The van der Waals surface area contributed by atoms with E-state index in [1.807, 2.05) is 114 Å². The van der Waals surface area contributed by atoms with Crippen molar-refractivity contribution in [3.63, 3.8) is 0 Å². The molecule has 2 aromatic heterocycles. The lowest BCUT2D eigenvalue weighted by Crippen LogP contribution is -2.34. The third kappa shape index (κ3) is 8.25. The van der Waals surface area contributed by atoms with Gasteiger partial charge in [0.15, 0.2) is 0 Å². The molecule has 2 N–H and O–H groups in total. The Hall–Kier alpha value is -5.70. The lowest BCUT2D eigenvalue weighted by atomic mass is 10.1. The Balaban J connectivity index is 1.06. The van der Waals surface area contributed by atoms with Crippen molar-refractivity contribution in [2.75, 3.05) is 43.9 Å². The van der Waals surface area contributed by atoms with E-state index in [-0.39, 0.29) is 5.91 Å². The third-order valence-electron chi connectivity index (χ3n) is 9.43. The number of rotatable bonds is 14. The first-order chi connectivity index (χ1) is 26.4. The molecule has 4 aromatic carbocycles. The highest BCUT2D eigenvalue weighted by molar-refractivity contribution is 6.32. The summed E-state index contributed by atoms with van der Waals surface area (Å²) in [6, 6.07) is 22.7. The smallest absolute Gasteiger partial charge is 0.253 e. The minimum atomic E-state index is -0.0145. The first-order valence-electron chi connectivity index (χ1n) is 18.0. The van der Waals surface area contributed by atoms with Crippen LogP contribution in [0.25, 0.3) is 43.6 Å². The number of unbranched alkanes of at least 4 members (excludes halogenated alkanes) is 1. The minimum absolute atomic E-state index is 0.0145. The number of nitrogens with zero attached hydrogens (tertiary/aromatic N) is 3. The van der Waals surface area contributed by atoms with Gasteiger partial charge in [0.2, 0.25) is 0 Å². The van der Waals surface area contributed by atoms with Gasteiger partial charge in [-0.25, -0.2) is 9.97 Å². The zero-order valence-corrected chi connectivity index (χ0v) is 31.3. The van der Waals surface area contributed by atoms with Crippen LogP contribution >= 0.6 is 23.2 Å². The number of benzene rings is 4. The first-order valence-corrected chi connectivity index (χ1v) is 18.7. The van der Waals surface area contributed by atoms with Crippen molar-refractivity contribution in [1.29, 1.82) is 0 Å². The van der Waals surface area contributed by atoms with E-state index in [1.54, 1.807) is 13.2 Å². The zero-order chi connectivity index (χ0) is 37.4. The van der Waals surface area contributed by atoms with Crippen LogP contribution in [0.2, 0.25) is 10.0 Å². The summed E-state index contributed by atoms with van der Waals surface area (Å²) in [6.07, 6.45) is 16.4. The fourth-order valence-electron chi connectivity index (χ4n) is 6.74. The zero-order valence-electron chi connectivity index (χ0n) is 29.8. The second-order valence-corrected chi connectivity index (χ2v) is 13.9. The summed E-state index contributed by atoms with van der Waals surface area (Å²) in [4.78, 5) is 37.2. The molecular weight excluding hydrogens is 717 g/mol. The number of aromatic nitrogens is 2. The first kappa shape index (κ1) is 36.6. The van der Waals surface area contributed by atoms with Crippen LogP contribution < -0.4 is 15.4 Å². The number of ether oxygens (including phenoxy) is 1. The highest BCUT2D eigenvalue weighted by Gasteiger charge is 2.17. The number of hydrogen-bond acceptors (Lipinski definition) is 7. The number of pyridine rings is 2. The fourth-order valence-corrected chi connectivity index (χ4v) is 7.08. The van der Waals surface area contributed by atoms with Gasteiger partial charge in [0.1, 0.15) is 12.0 Å². The number of fused-ring (bicyclic) bond motifs is 4. The number of anilines is 2. The van der Waals surface area contributed by atoms with Crippen molar-refractivity contribution in [2.24, 2.45) is 0 Å². The molecule has 0 bridgehead atoms. The molecule has 10 heteroatoms. The van der Waals surface area contributed by atoms with Crippen molar-refractivity contribution >= 4 is 90.4 Å². The van der Waals surface area contributed by atoms with Crippen molar-refractivity contribution < 1.29 is 14.3 Å². The van der Waals surface area contributed by atoms with Gasteiger partial charge in [0.25, 0.3) is 5.91 Å². The summed E-state index contributed by atoms with van der Waals surface area (Å²) < 4.78 is 5.53. The molecule has 0 saturated heterocycles. The van der Waals surface area contributed by atoms with Crippen LogP contribution in [0.15, 0.2) is 121 Å². The minimum Gasteiger partial charge on any atom is -0.497 e. The average Bonchev–Trinajstić information content (AvgIpc) is 3.16.